The summed E-state index contributed by atoms with van der Waals surface area (Å²) in [5, 5.41) is 12.9. The standard InChI is InChI=1S/C72H49N3Si/c1-5-23-50(24-6-1)51-25-21-26-52(47-51)58-33-13-17-37-64(58)75-66-39-19-14-34-59(66)61-45-43-54(48-70(61)75)74-67-40-20-16-36-62(67)72-69(74)41-22-42-71(72)76(55-29-9-3-10-30-55,56-31-11-4-12-32-56)57-44-46-68-63(49-57)60-35-15-18-38-65(60)73(68)53-27-7-2-8-28-53/h1-49H. The second-order valence-electron chi connectivity index (χ2n) is 20.0. The van der Waals surface area contributed by atoms with Gasteiger partial charge in [-0.05, 0) is 104 Å². The fraction of sp³-hybridized carbons (Fsp3) is 0. The fourth-order valence-corrected chi connectivity index (χ4v) is 17.8. The zero-order valence-corrected chi connectivity index (χ0v) is 42.6. The maximum Gasteiger partial charge on any atom is 0.180 e. The molecule has 4 heteroatoms. The van der Waals surface area contributed by atoms with E-state index in [4.69, 9.17) is 0 Å². The van der Waals surface area contributed by atoms with Crippen molar-refractivity contribution < 1.29 is 0 Å². The number of benzene rings is 12. The van der Waals surface area contributed by atoms with Crippen molar-refractivity contribution in [1.82, 2.24) is 13.7 Å². The van der Waals surface area contributed by atoms with Crippen LogP contribution < -0.4 is 20.7 Å². The molecule has 3 nitrogen and oxygen atoms in total. The van der Waals surface area contributed by atoms with Crippen molar-refractivity contribution in [2.45, 2.75) is 0 Å². The molecule has 0 radical (unpaired) electrons. The van der Waals surface area contributed by atoms with E-state index in [2.05, 4.69) is 311 Å². The van der Waals surface area contributed by atoms with Crippen LogP contribution in [0.3, 0.4) is 0 Å². The highest BCUT2D eigenvalue weighted by atomic mass is 28.3. The molecule has 0 aliphatic heterocycles. The van der Waals surface area contributed by atoms with Gasteiger partial charge in [0.2, 0.25) is 0 Å². The van der Waals surface area contributed by atoms with Gasteiger partial charge in [-0.3, -0.25) is 0 Å². The minimum atomic E-state index is -3.15. The molecule has 0 saturated heterocycles. The Morgan fingerprint density at radius 1 is 0.237 bits per heavy atom. The minimum Gasteiger partial charge on any atom is -0.309 e. The summed E-state index contributed by atoms with van der Waals surface area (Å²) < 4.78 is 7.44. The van der Waals surface area contributed by atoms with Crippen LogP contribution in [-0.4, -0.2) is 21.8 Å². The molecule has 0 amide bonds. The van der Waals surface area contributed by atoms with Gasteiger partial charge in [0, 0.05) is 49.3 Å². The SMILES string of the molecule is c1ccc(-c2cccc(-c3ccccc3-n3c4ccccc4c4ccc(-n5c6ccccc6c6c([Si](c7ccccc7)(c7ccccc7)c7ccc8c(c7)c7ccccc7n8-c7ccccc7)cccc65)cc43)c2)cc1. The molecule has 0 aliphatic rings. The molecule has 0 atom stereocenters. The van der Waals surface area contributed by atoms with Gasteiger partial charge in [-0.25, -0.2) is 0 Å². The zero-order valence-electron chi connectivity index (χ0n) is 41.6. The van der Waals surface area contributed by atoms with Crippen molar-refractivity contribution in [2.24, 2.45) is 0 Å². The number of hydrogen-bond acceptors (Lipinski definition) is 0. The van der Waals surface area contributed by atoms with E-state index in [9.17, 15) is 0 Å². The fourth-order valence-electron chi connectivity index (χ4n) is 12.8. The van der Waals surface area contributed by atoms with Gasteiger partial charge in [0.15, 0.2) is 8.07 Å². The Kier molecular flexibility index (Phi) is 10.2. The predicted molar refractivity (Wildman–Crippen MR) is 324 cm³/mol. The summed E-state index contributed by atoms with van der Waals surface area (Å²) in [5.74, 6) is 0. The van der Waals surface area contributed by atoms with Gasteiger partial charge >= 0.3 is 0 Å². The first-order chi connectivity index (χ1) is 37.7. The largest absolute Gasteiger partial charge is 0.309 e. The van der Waals surface area contributed by atoms with Crippen molar-refractivity contribution in [1.29, 1.82) is 0 Å². The summed E-state index contributed by atoms with van der Waals surface area (Å²) in [4.78, 5) is 0. The average Bonchev–Trinajstić information content (AvgIpc) is 4.17. The Morgan fingerprint density at radius 2 is 0.737 bits per heavy atom. The van der Waals surface area contributed by atoms with Gasteiger partial charge in [-0.2, -0.15) is 0 Å². The van der Waals surface area contributed by atoms with Crippen molar-refractivity contribution >= 4 is 94.2 Å². The van der Waals surface area contributed by atoms with Crippen molar-refractivity contribution in [2.75, 3.05) is 0 Å². The van der Waals surface area contributed by atoms with Crippen molar-refractivity contribution in [3.63, 3.8) is 0 Å². The lowest BCUT2D eigenvalue weighted by molar-refractivity contribution is 1.16. The van der Waals surface area contributed by atoms with Crippen LogP contribution in [-0.2, 0) is 0 Å². The van der Waals surface area contributed by atoms with Crippen LogP contribution in [0.15, 0.2) is 297 Å². The molecule has 0 fully saturated rings. The van der Waals surface area contributed by atoms with Crippen LogP contribution in [0.4, 0.5) is 0 Å². The highest BCUT2D eigenvalue weighted by Crippen LogP contribution is 2.40. The molecule has 356 valence electrons. The molecule has 0 N–H and O–H groups in total. The summed E-state index contributed by atoms with van der Waals surface area (Å²) in [5.41, 5.74) is 15.3. The van der Waals surface area contributed by atoms with Gasteiger partial charge in [0.25, 0.3) is 0 Å². The van der Waals surface area contributed by atoms with E-state index < -0.39 is 8.07 Å². The summed E-state index contributed by atoms with van der Waals surface area (Å²) in [6.07, 6.45) is 0. The van der Waals surface area contributed by atoms with E-state index >= 15 is 0 Å². The molecule has 0 aliphatic carbocycles. The van der Waals surface area contributed by atoms with Crippen LogP contribution in [0.1, 0.15) is 0 Å². The molecule has 15 aromatic rings. The monoisotopic (exact) mass is 983 g/mol. The van der Waals surface area contributed by atoms with E-state index in [1.54, 1.807) is 0 Å². The highest BCUT2D eigenvalue weighted by molar-refractivity contribution is 7.21. The van der Waals surface area contributed by atoms with E-state index in [1.165, 1.54) is 103 Å². The zero-order chi connectivity index (χ0) is 50.2. The number of fused-ring (bicyclic) bond motifs is 9. The van der Waals surface area contributed by atoms with Gasteiger partial charge < -0.3 is 13.7 Å². The Balaban J connectivity index is 0.995. The minimum absolute atomic E-state index is 1.12. The first-order valence-corrected chi connectivity index (χ1v) is 28.3. The van der Waals surface area contributed by atoms with Crippen LogP contribution in [0.2, 0.25) is 0 Å². The van der Waals surface area contributed by atoms with E-state index in [1.807, 2.05) is 0 Å². The van der Waals surface area contributed by atoms with Gasteiger partial charge in [-0.1, -0.05) is 231 Å². The number of hydrogen-bond donors (Lipinski definition) is 0. The number of rotatable bonds is 9. The van der Waals surface area contributed by atoms with E-state index in [0.29, 0.717) is 0 Å². The highest BCUT2D eigenvalue weighted by Gasteiger charge is 2.43. The average molecular weight is 984 g/mol. The molecular formula is C72H49N3Si. The lowest BCUT2D eigenvalue weighted by Gasteiger charge is -2.35. The molecule has 0 spiro atoms. The molecule has 12 aromatic carbocycles. The Labute approximate surface area is 442 Å². The predicted octanol–water partition coefficient (Wildman–Crippen LogP) is 15.7. The van der Waals surface area contributed by atoms with Crippen LogP contribution in [0, 0.1) is 0 Å². The third kappa shape index (κ3) is 6.68. The molecule has 0 unspecified atom stereocenters. The molecule has 0 saturated carbocycles. The van der Waals surface area contributed by atoms with Crippen LogP contribution in [0.25, 0.3) is 105 Å². The quantitative estimate of drug-likeness (QED) is 0.101. The van der Waals surface area contributed by atoms with Crippen LogP contribution >= 0.6 is 0 Å². The van der Waals surface area contributed by atoms with E-state index in [0.717, 1.165) is 22.6 Å². The van der Waals surface area contributed by atoms with Crippen LogP contribution in [0.5, 0.6) is 0 Å². The third-order valence-electron chi connectivity index (χ3n) is 16.0. The van der Waals surface area contributed by atoms with E-state index in [-0.39, 0.29) is 0 Å². The topological polar surface area (TPSA) is 14.8 Å². The molecule has 76 heavy (non-hydrogen) atoms. The molecular weight excluding hydrogens is 935 g/mol. The van der Waals surface area contributed by atoms with Gasteiger partial charge in [0.05, 0.1) is 38.8 Å². The maximum atomic E-state index is 2.55. The summed E-state index contributed by atoms with van der Waals surface area (Å²) in [7, 11) is -3.15. The molecule has 3 heterocycles. The van der Waals surface area contributed by atoms with Gasteiger partial charge in [0.1, 0.15) is 0 Å². The maximum absolute atomic E-state index is 3.15. The molecule has 3 aromatic heterocycles. The third-order valence-corrected chi connectivity index (χ3v) is 20.8. The Hall–Kier alpha value is -9.74. The normalized spacial score (nSPS) is 11.9. The van der Waals surface area contributed by atoms with Crippen molar-refractivity contribution in [3.8, 4) is 39.3 Å². The summed E-state index contributed by atoms with van der Waals surface area (Å²) in [6, 6.07) is 111. The second-order valence-corrected chi connectivity index (χ2v) is 23.7. The Morgan fingerprint density at radius 3 is 1.46 bits per heavy atom. The lowest BCUT2D eigenvalue weighted by Crippen LogP contribution is -2.74. The second kappa shape index (κ2) is 17.7. The number of nitrogens with zero attached hydrogens (tertiary/aromatic N) is 3. The summed E-state index contributed by atoms with van der Waals surface area (Å²) in [6.45, 7) is 0. The number of aromatic nitrogens is 3. The summed E-state index contributed by atoms with van der Waals surface area (Å²) >= 11 is 0. The lowest BCUT2D eigenvalue weighted by atomic mass is 9.98. The molecule has 15 rings (SSSR count). The van der Waals surface area contributed by atoms with Gasteiger partial charge in [-0.15, -0.1) is 0 Å². The van der Waals surface area contributed by atoms with Crippen molar-refractivity contribution in [3.05, 3.63) is 297 Å². The first kappa shape index (κ1) is 43.8. The first-order valence-electron chi connectivity index (χ1n) is 26.3. The Bertz CT molecular complexity index is 4640. The number of para-hydroxylation sites is 5. The smallest absolute Gasteiger partial charge is 0.180 e. The molecule has 0 bridgehead atoms.